The summed E-state index contributed by atoms with van der Waals surface area (Å²) >= 11 is 0. The van der Waals surface area contributed by atoms with Crippen LogP contribution in [0.1, 0.15) is 34.2 Å². The van der Waals surface area contributed by atoms with E-state index >= 15 is 0 Å². The van der Waals surface area contributed by atoms with Crippen molar-refractivity contribution < 1.29 is 9.53 Å². The fourth-order valence-corrected chi connectivity index (χ4v) is 2.66. The van der Waals surface area contributed by atoms with E-state index in [1.807, 2.05) is 26.0 Å². The highest BCUT2D eigenvalue weighted by atomic mass is 16.5. The standard InChI is InChI=1S/C18H19N5O2/c1-4-25-18(24)15-5-7-17(8-6-15)23-13(2)9-16(14(23)3)10-21-22-11-19-20-12-22/h5-12H,4H2,1-3H3/b21-10+. The molecule has 2 heterocycles. The number of carbonyl (C=O) groups is 1. The number of rotatable bonds is 5. The molecule has 0 saturated carbocycles. The third-order valence-electron chi connectivity index (χ3n) is 3.84. The van der Waals surface area contributed by atoms with Crippen LogP contribution in [0, 0.1) is 13.8 Å². The van der Waals surface area contributed by atoms with E-state index in [1.54, 1.807) is 29.9 Å². The van der Waals surface area contributed by atoms with Gasteiger partial charge in [0.05, 0.1) is 18.4 Å². The van der Waals surface area contributed by atoms with Crippen molar-refractivity contribution >= 4 is 12.2 Å². The molecule has 0 unspecified atom stereocenters. The molecule has 128 valence electrons. The molecule has 25 heavy (non-hydrogen) atoms. The zero-order valence-electron chi connectivity index (χ0n) is 14.4. The molecular weight excluding hydrogens is 318 g/mol. The van der Waals surface area contributed by atoms with Crippen LogP contribution in [-0.4, -0.2) is 38.2 Å². The molecule has 0 aliphatic rings. The number of hydrogen-bond acceptors (Lipinski definition) is 5. The topological polar surface area (TPSA) is 74.3 Å². The molecule has 3 aromatic rings. The molecule has 0 N–H and O–H groups in total. The fraction of sp³-hybridized carbons (Fsp3) is 0.222. The van der Waals surface area contributed by atoms with Gasteiger partial charge in [-0.2, -0.15) is 5.10 Å². The predicted molar refractivity (Wildman–Crippen MR) is 94.2 cm³/mol. The van der Waals surface area contributed by atoms with Gasteiger partial charge in [-0.1, -0.05) is 0 Å². The van der Waals surface area contributed by atoms with Crippen LogP contribution in [0.5, 0.6) is 0 Å². The molecule has 0 saturated heterocycles. The van der Waals surface area contributed by atoms with Gasteiger partial charge in [0.25, 0.3) is 0 Å². The first-order valence-electron chi connectivity index (χ1n) is 7.95. The zero-order chi connectivity index (χ0) is 17.8. The van der Waals surface area contributed by atoms with Crippen LogP contribution in [0.3, 0.4) is 0 Å². The maximum Gasteiger partial charge on any atom is 0.338 e. The van der Waals surface area contributed by atoms with Gasteiger partial charge >= 0.3 is 5.97 Å². The van der Waals surface area contributed by atoms with Crippen LogP contribution < -0.4 is 0 Å². The normalized spacial score (nSPS) is 11.2. The van der Waals surface area contributed by atoms with Crippen LogP contribution in [-0.2, 0) is 4.74 Å². The van der Waals surface area contributed by atoms with Crippen LogP contribution >= 0.6 is 0 Å². The predicted octanol–water partition coefficient (Wildman–Crippen LogP) is 2.74. The van der Waals surface area contributed by atoms with Crippen molar-refractivity contribution in [3.63, 3.8) is 0 Å². The van der Waals surface area contributed by atoms with Gasteiger partial charge in [-0.05, 0) is 51.1 Å². The average Bonchev–Trinajstić information content (AvgIpc) is 3.21. The minimum Gasteiger partial charge on any atom is -0.462 e. The van der Waals surface area contributed by atoms with Crippen LogP contribution in [0.2, 0.25) is 0 Å². The summed E-state index contributed by atoms with van der Waals surface area (Å²) in [6, 6.07) is 9.43. The molecule has 7 nitrogen and oxygen atoms in total. The van der Waals surface area contributed by atoms with Gasteiger partial charge in [0, 0.05) is 22.6 Å². The van der Waals surface area contributed by atoms with E-state index in [4.69, 9.17) is 4.74 Å². The van der Waals surface area contributed by atoms with Crippen molar-refractivity contribution in [1.82, 2.24) is 19.4 Å². The molecule has 0 atom stereocenters. The van der Waals surface area contributed by atoms with E-state index in [0.717, 1.165) is 22.6 Å². The fourth-order valence-electron chi connectivity index (χ4n) is 2.66. The van der Waals surface area contributed by atoms with E-state index in [9.17, 15) is 4.79 Å². The maximum absolute atomic E-state index is 11.8. The van der Waals surface area contributed by atoms with E-state index in [1.165, 1.54) is 12.7 Å². The highest BCUT2D eigenvalue weighted by Gasteiger charge is 2.11. The Morgan fingerprint density at radius 3 is 2.52 bits per heavy atom. The van der Waals surface area contributed by atoms with Crippen molar-refractivity contribution in [2.75, 3.05) is 6.61 Å². The van der Waals surface area contributed by atoms with Crippen molar-refractivity contribution in [3.05, 3.63) is 65.5 Å². The average molecular weight is 337 g/mol. The summed E-state index contributed by atoms with van der Waals surface area (Å²) in [5.74, 6) is -0.309. The van der Waals surface area contributed by atoms with E-state index in [2.05, 4.69) is 25.9 Å². The van der Waals surface area contributed by atoms with Gasteiger partial charge in [0.1, 0.15) is 12.7 Å². The second-order valence-electron chi connectivity index (χ2n) is 5.52. The Morgan fingerprint density at radius 1 is 1.20 bits per heavy atom. The second-order valence-corrected chi connectivity index (χ2v) is 5.52. The van der Waals surface area contributed by atoms with Gasteiger partial charge < -0.3 is 9.30 Å². The third-order valence-corrected chi connectivity index (χ3v) is 3.84. The Morgan fingerprint density at radius 2 is 1.88 bits per heavy atom. The first-order chi connectivity index (χ1) is 12.1. The number of benzene rings is 1. The number of esters is 1. The summed E-state index contributed by atoms with van der Waals surface area (Å²) in [6.45, 7) is 6.22. The van der Waals surface area contributed by atoms with Gasteiger partial charge in [0.2, 0.25) is 0 Å². The summed E-state index contributed by atoms with van der Waals surface area (Å²) in [7, 11) is 0. The highest BCUT2D eigenvalue weighted by Crippen LogP contribution is 2.20. The number of nitrogens with zero attached hydrogens (tertiary/aromatic N) is 5. The lowest BCUT2D eigenvalue weighted by molar-refractivity contribution is 0.0526. The number of hydrogen-bond donors (Lipinski definition) is 0. The number of aryl methyl sites for hydroxylation is 1. The van der Waals surface area contributed by atoms with Crippen molar-refractivity contribution in [2.45, 2.75) is 20.8 Å². The third kappa shape index (κ3) is 3.50. The zero-order valence-corrected chi connectivity index (χ0v) is 14.4. The summed E-state index contributed by atoms with van der Waals surface area (Å²) in [5, 5.41) is 11.7. The number of carbonyl (C=O) groups excluding carboxylic acids is 1. The molecule has 7 heteroatoms. The van der Waals surface area contributed by atoms with Gasteiger partial charge in [-0.15, -0.1) is 10.2 Å². The lowest BCUT2D eigenvalue weighted by Crippen LogP contribution is -2.05. The monoisotopic (exact) mass is 337 g/mol. The maximum atomic E-state index is 11.8. The Kier molecular flexibility index (Phi) is 4.74. The molecule has 0 aliphatic carbocycles. The smallest absolute Gasteiger partial charge is 0.338 e. The van der Waals surface area contributed by atoms with E-state index in [0.29, 0.717) is 12.2 Å². The summed E-state index contributed by atoms with van der Waals surface area (Å²) < 4.78 is 8.67. The molecule has 2 aromatic heterocycles. The van der Waals surface area contributed by atoms with Crippen molar-refractivity contribution in [1.29, 1.82) is 0 Å². The first kappa shape index (κ1) is 16.6. The second kappa shape index (κ2) is 7.12. The lowest BCUT2D eigenvalue weighted by Gasteiger charge is -2.10. The van der Waals surface area contributed by atoms with Crippen LogP contribution in [0.4, 0.5) is 0 Å². The minimum atomic E-state index is -0.309. The number of aromatic nitrogens is 4. The molecule has 3 rings (SSSR count). The summed E-state index contributed by atoms with van der Waals surface area (Å²) in [5.41, 5.74) is 4.65. The molecule has 0 aliphatic heterocycles. The van der Waals surface area contributed by atoms with Crippen LogP contribution in [0.15, 0.2) is 48.1 Å². The Bertz CT molecular complexity index is 892. The molecule has 0 spiro atoms. The molecule has 0 bridgehead atoms. The Balaban J connectivity index is 1.89. The number of ether oxygens (including phenoxy) is 1. The van der Waals surface area contributed by atoms with Gasteiger partial charge in [-0.25, -0.2) is 9.47 Å². The molecule has 0 fully saturated rings. The van der Waals surface area contributed by atoms with Gasteiger partial charge in [0.15, 0.2) is 0 Å². The Hall–Kier alpha value is -3.22. The highest BCUT2D eigenvalue weighted by molar-refractivity contribution is 5.89. The summed E-state index contributed by atoms with van der Waals surface area (Å²) in [4.78, 5) is 11.8. The molecular formula is C18H19N5O2. The minimum absolute atomic E-state index is 0.309. The largest absolute Gasteiger partial charge is 0.462 e. The molecule has 0 amide bonds. The quantitative estimate of drug-likeness (QED) is 0.530. The lowest BCUT2D eigenvalue weighted by atomic mass is 10.2. The van der Waals surface area contributed by atoms with E-state index in [-0.39, 0.29) is 5.97 Å². The van der Waals surface area contributed by atoms with Crippen molar-refractivity contribution in [3.8, 4) is 5.69 Å². The molecule has 0 radical (unpaired) electrons. The summed E-state index contributed by atoms with van der Waals surface area (Å²) in [6.07, 6.45) is 4.84. The van der Waals surface area contributed by atoms with E-state index < -0.39 is 0 Å². The SMILES string of the molecule is CCOC(=O)c1ccc(-n2c(C)cc(/C=N/n3cnnc3)c2C)cc1. The van der Waals surface area contributed by atoms with Crippen molar-refractivity contribution in [2.24, 2.45) is 5.10 Å². The molecule has 1 aromatic carbocycles. The van der Waals surface area contributed by atoms with Crippen LogP contribution in [0.25, 0.3) is 5.69 Å². The Labute approximate surface area is 145 Å². The first-order valence-corrected chi connectivity index (χ1v) is 7.95. The van der Waals surface area contributed by atoms with Gasteiger partial charge in [-0.3, -0.25) is 0 Å².